The van der Waals surface area contributed by atoms with Crippen molar-refractivity contribution in [1.82, 2.24) is 19.7 Å². The highest BCUT2D eigenvalue weighted by molar-refractivity contribution is 9.10. The third-order valence-electron chi connectivity index (χ3n) is 4.13. The van der Waals surface area contributed by atoms with Gasteiger partial charge >= 0.3 is 0 Å². The lowest BCUT2D eigenvalue weighted by atomic mass is 9.97. The maximum atomic E-state index is 12.5. The Bertz CT molecular complexity index is 859. The molecule has 2 aromatic heterocycles. The Kier molecular flexibility index (Phi) is 6.29. The van der Waals surface area contributed by atoms with Crippen molar-refractivity contribution in [2.24, 2.45) is 5.92 Å². The number of halogens is 3. The van der Waals surface area contributed by atoms with Gasteiger partial charge in [-0.15, -0.1) is 0 Å². The van der Waals surface area contributed by atoms with Crippen molar-refractivity contribution < 1.29 is 4.79 Å². The molecule has 1 aliphatic heterocycles. The average Bonchev–Trinajstić information content (AvgIpc) is 2.64. The molecule has 1 fully saturated rings. The molecule has 1 aliphatic rings. The highest BCUT2D eigenvalue weighted by Crippen LogP contribution is 2.20. The van der Waals surface area contributed by atoms with Crippen LogP contribution in [0, 0.1) is 5.92 Å². The van der Waals surface area contributed by atoms with E-state index in [1.165, 1.54) is 10.9 Å². The third-order valence-corrected chi connectivity index (χ3v) is 5.35. The predicted octanol–water partition coefficient (Wildman–Crippen LogP) is 3.02. The van der Waals surface area contributed by atoms with E-state index >= 15 is 0 Å². The number of aromatic nitrogens is 3. The molecule has 3 heterocycles. The molecule has 7 nitrogen and oxygen atoms in total. The number of hydrogen-bond donors (Lipinski definition) is 1. The van der Waals surface area contributed by atoms with E-state index < -0.39 is 5.56 Å². The van der Waals surface area contributed by atoms with Crippen LogP contribution in [0.25, 0.3) is 0 Å². The number of likely N-dealkylation sites (tertiary alicyclic amines) is 1. The van der Waals surface area contributed by atoms with Crippen LogP contribution in [0.2, 0.25) is 10.0 Å². The Balaban J connectivity index is 1.63. The number of amides is 1. The monoisotopic (exact) mass is 459 g/mol. The standard InChI is InChI=1S/C16H16BrCl2N5O2/c17-11-3-4-13(20-6-11)22-15(25)10-2-1-5-23(8-10)9-24-16(26)14(19)12(18)7-21-24/h3-4,6-7,10H,1-2,5,8-9H2,(H,20,22,25). The van der Waals surface area contributed by atoms with Crippen LogP contribution in [0.5, 0.6) is 0 Å². The van der Waals surface area contributed by atoms with Crippen LogP contribution < -0.4 is 10.9 Å². The number of piperidine rings is 1. The van der Waals surface area contributed by atoms with Gasteiger partial charge in [-0.05, 0) is 47.4 Å². The largest absolute Gasteiger partial charge is 0.310 e. The molecular formula is C16H16BrCl2N5O2. The maximum Gasteiger partial charge on any atom is 0.288 e. The highest BCUT2D eigenvalue weighted by Gasteiger charge is 2.26. The minimum absolute atomic E-state index is 0.0470. The van der Waals surface area contributed by atoms with Gasteiger partial charge in [0.25, 0.3) is 5.56 Å². The van der Waals surface area contributed by atoms with Crippen molar-refractivity contribution in [1.29, 1.82) is 0 Å². The van der Waals surface area contributed by atoms with E-state index in [1.807, 2.05) is 11.0 Å². The molecule has 2 aromatic rings. The van der Waals surface area contributed by atoms with Crippen LogP contribution >= 0.6 is 39.1 Å². The zero-order valence-corrected chi connectivity index (χ0v) is 16.8. The summed E-state index contributed by atoms with van der Waals surface area (Å²) in [5.74, 6) is 0.240. The third kappa shape index (κ3) is 4.62. The highest BCUT2D eigenvalue weighted by atomic mass is 79.9. The first-order chi connectivity index (χ1) is 12.4. The predicted molar refractivity (Wildman–Crippen MR) is 103 cm³/mol. The van der Waals surface area contributed by atoms with Gasteiger partial charge in [0.2, 0.25) is 5.91 Å². The van der Waals surface area contributed by atoms with Crippen LogP contribution in [0.15, 0.2) is 33.8 Å². The van der Waals surface area contributed by atoms with E-state index in [0.717, 1.165) is 23.9 Å². The minimum Gasteiger partial charge on any atom is -0.310 e. The second kappa shape index (κ2) is 8.47. The normalized spacial score (nSPS) is 17.9. The number of rotatable bonds is 4. The van der Waals surface area contributed by atoms with Gasteiger partial charge in [-0.2, -0.15) is 5.10 Å². The van der Waals surface area contributed by atoms with Gasteiger partial charge in [0.15, 0.2) is 0 Å². The van der Waals surface area contributed by atoms with Crippen LogP contribution in [-0.4, -0.2) is 38.7 Å². The first-order valence-corrected chi connectivity index (χ1v) is 9.55. The number of carbonyl (C=O) groups excluding carboxylic acids is 1. The molecule has 1 N–H and O–H groups in total. The van der Waals surface area contributed by atoms with Gasteiger partial charge in [-0.1, -0.05) is 23.2 Å². The van der Waals surface area contributed by atoms with Crippen molar-refractivity contribution in [3.63, 3.8) is 0 Å². The fourth-order valence-electron chi connectivity index (χ4n) is 2.81. The molecule has 1 unspecified atom stereocenters. The summed E-state index contributed by atoms with van der Waals surface area (Å²) < 4.78 is 2.10. The van der Waals surface area contributed by atoms with Crippen LogP contribution in [-0.2, 0) is 11.5 Å². The van der Waals surface area contributed by atoms with Gasteiger partial charge in [-0.25, -0.2) is 9.67 Å². The van der Waals surface area contributed by atoms with Crippen LogP contribution in [0.1, 0.15) is 12.8 Å². The summed E-state index contributed by atoms with van der Waals surface area (Å²) in [5, 5.41) is 6.92. The molecule has 138 valence electrons. The molecule has 0 spiro atoms. The van der Waals surface area contributed by atoms with Gasteiger partial charge in [0.05, 0.1) is 23.8 Å². The molecular weight excluding hydrogens is 445 g/mol. The molecule has 0 saturated carbocycles. The zero-order chi connectivity index (χ0) is 18.7. The molecule has 10 heteroatoms. The molecule has 1 amide bonds. The second-order valence-electron chi connectivity index (χ2n) is 6.02. The number of anilines is 1. The molecule has 0 aliphatic carbocycles. The fraction of sp³-hybridized carbons (Fsp3) is 0.375. The lowest BCUT2D eigenvalue weighted by Crippen LogP contribution is -2.43. The molecule has 26 heavy (non-hydrogen) atoms. The number of carbonyl (C=O) groups is 1. The fourth-order valence-corrected chi connectivity index (χ4v) is 3.32. The van der Waals surface area contributed by atoms with Crippen molar-refractivity contribution in [2.75, 3.05) is 18.4 Å². The molecule has 0 aromatic carbocycles. The summed E-state index contributed by atoms with van der Waals surface area (Å²) in [4.78, 5) is 30.8. The number of nitrogens with zero attached hydrogens (tertiary/aromatic N) is 4. The summed E-state index contributed by atoms with van der Waals surface area (Å²) in [5.41, 5.74) is -0.440. The van der Waals surface area contributed by atoms with Crippen molar-refractivity contribution >= 4 is 50.9 Å². The Morgan fingerprint density at radius 3 is 2.88 bits per heavy atom. The van der Waals surface area contributed by atoms with Crippen molar-refractivity contribution in [2.45, 2.75) is 19.5 Å². The quantitative estimate of drug-likeness (QED) is 0.758. The molecule has 1 atom stereocenters. The SMILES string of the molecule is O=C(Nc1ccc(Br)cn1)C1CCCN(Cn2ncc(Cl)c(Cl)c2=O)C1. The van der Waals surface area contributed by atoms with Gasteiger partial charge in [0.1, 0.15) is 10.8 Å². The Hall–Kier alpha value is -1.48. The summed E-state index contributed by atoms with van der Waals surface area (Å²) >= 11 is 15.0. The zero-order valence-electron chi connectivity index (χ0n) is 13.7. The summed E-state index contributed by atoms with van der Waals surface area (Å²) in [6.45, 7) is 1.56. The number of nitrogens with one attached hydrogen (secondary N) is 1. The number of hydrogen-bond acceptors (Lipinski definition) is 5. The lowest BCUT2D eigenvalue weighted by Gasteiger charge is -2.31. The molecule has 0 radical (unpaired) electrons. The molecule has 1 saturated heterocycles. The molecule has 3 rings (SSSR count). The van der Waals surface area contributed by atoms with E-state index in [4.69, 9.17) is 23.2 Å². The number of pyridine rings is 1. The van der Waals surface area contributed by atoms with Crippen LogP contribution in [0.3, 0.4) is 0 Å². The Labute approximate surface area is 168 Å². The minimum atomic E-state index is -0.440. The van der Waals surface area contributed by atoms with E-state index in [0.29, 0.717) is 12.4 Å². The van der Waals surface area contributed by atoms with E-state index in [-0.39, 0.29) is 28.5 Å². The van der Waals surface area contributed by atoms with E-state index in [9.17, 15) is 9.59 Å². The summed E-state index contributed by atoms with van der Waals surface area (Å²) in [6, 6.07) is 3.56. The smallest absolute Gasteiger partial charge is 0.288 e. The van der Waals surface area contributed by atoms with E-state index in [2.05, 4.69) is 31.3 Å². The summed E-state index contributed by atoms with van der Waals surface area (Å²) in [6.07, 6.45) is 4.61. The van der Waals surface area contributed by atoms with Gasteiger partial charge in [0, 0.05) is 17.2 Å². The average molecular weight is 461 g/mol. The maximum absolute atomic E-state index is 12.5. The van der Waals surface area contributed by atoms with Gasteiger partial charge in [-0.3, -0.25) is 14.5 Å². The summed E-state index contributed by atoms with van der Waals surface area (Å²) in [7, 11) is 0. The van der Waals surface area contributed by atoms with Crippen molar-refractivity contribution in [3.8, 4) is 0 Å². The van der Waals surface area contributed by atoms with E-state index in [1.54, 1.807) is 12.3 Å². The first-order valence-electron chi connectivity index (χ1n) is 8.00. The van der Waals surface area contributed by atoms with Gasteiger partial charge < -0.3 is 5.32 Å². The topological polar surface area (TPSA) is 80.1 Å². The van der Waals surface area contributed by atoms with Crippen molar-refractivity contribution in [3.05, 3.63) is 49.4 Å². The lowest BCUT2D eigenvalue weighted by molar-refractivity contribution is -0.121. The molecule has 0 bridgehead atoms. The van der Waals surface area contributed by atoms with Crippen LogP contribution in [0.4, 0.5) is 5.82 Å². The Morgan fingerprint density at radius 2 is 2.15 bits per heavy atom. The second-order valence-corrected chi connectivity index (χ2v) is 7.72. The Morgan fingerprint density at radius 1 is 1.35 bits per heavy atom. The first kappa shape index (κ1) is 19.3.